The van der Waals surface area contributed by atoms with E-state index < -0.39 is 0 Å². The maximum atomic E-state index is 10.4. The Hall–Kier alpha value is -0.336. The van der Waals surface area contributed by atoms with E-state index in [1.54, 1.807) is 0 Å². The van der Waals surface area contributed by atoms with Crippen LogP contribution in [-0.4, -0.2) is 5.11 Å². The van der Waals surface area contributed by atoms with Crippen LogP contribution in [0.2, 0.25) is 0 Å². The van der Waals surface area contributed by atoms with Crippen LogP contribution < -0.4 is 24.8 Å². The molecule has 2 aromatic carbocycles. The Labute approximate surface area is 175 Å². The summed E-state index contributed by atoms with van der Waals surface area (Å²) < 4.78 is 0. The second kappa shape index (κ2) is 11.3. The van der Waals surface area contributed by atoms with E-state index in [0.29, 0.717) is 5.75 Å². The van der Waals surface area contributed by atoms with E-state index in [0.717, 1.165) is 11.1 Å². The first-order valence-corrected chi connectivity index (χ1v) is 7.54. The van der Waals surface area contributed by atoms with Crippen molar-refractivity contribution in [1.82, 2.24) is 0 Å². The second-order valence-electron chi connectivity index (χ2n) is 7.67. The van der Waals surface area contributed by atoms with Gasteiger partial charge in [-0.25, -0.2) is 12.1 Å². The third-order valence-electron chi connectivity index (χ3n) is 3.43. The number of hydrogen-bond acceptors (Lipinski definition) is 1. The van der Waals surface area contributed by atoms with Gasteiger partial charge in [-0.15, -0.1) is 0 Å². The van der Waals surface area contributed by atoms with Gasteiger partial charge in [-0.2, -0.15) is 18.2 Å². The molecule has 0 fully saturated rings. The third-order valence-corrected chi connectivity index (χ3v) is 3.43. The minimum Gasteiger partial charge on any atom is -1.00 e. The van der Waals surface area contributed by atoms with Gasteiger partial charge >= 0.3 is 21.7 Å². The van der Waals surface area contributed by atoms with E-state index in [1.807, 2.05) is 30.3 Å². The van der Waals surface area contributed by atoms with Crippen LogP contribution in [0.3, 0.4) is 0 Å². The Morgan fingerprint density at radius 3 is 1.33 bits per heavy atom. The van der Waals surface area contributed by atoms with Crippen LogP contribution in [0.1, 0.15) is 58.2 Å². The van der Waals surface area contributed by atoms with Crippen molar-refractivity contribution in [1.29, 1.82) is 0 Å². The number of benzene rings is 1. The normalized spacial score (nSPS) is 10.3. The van der Waals surface area contributed by atoms with Gasteiger partial charge in [0.1, 0.15) is 5.75 Å². The fourth-order valence-electron chi connectivity index (χ4n) is 2.24. The van der Waals surface area contributed by atoms with Gasteiger partial charge in [0.15, 0.2) is 0 Å². The summed E-state index contributed by atoms with van der Waals surface area (Å²) in [5.74, 6) is 0.464. The zero-order valence-electron chi connectivity index (χ0n) is 15.7. The van der Waals surface area contributed by atoms with Crippen LogP contribution >= 0.6 is 0 Å². The quantitative estimate of drug-likeness (QED) is 0.473. The molecule has 0 amide bonds. The summed E-state index contributed by atoms with van der Waals surface area (Å²) >= 11 is 0. The number of phenols is 1. The minimum absolute atomic E-state index is 0. The van der Waals surface area contributed by atoms with E-state index in [4.69, 9.17) is 0 Å². The molecule has 2 aromatic rings. The van der Waals surface area contributed by atoms with Crippen molar-refractivity contribution in [3.8, 4) is 5.75 Å². The number of halogens is 2. The van der Waals surface area contributed by atoms with Crippen molar-refractivity contribution < 1.29 is 51.6 Å². The van der Waals surface area contributed by atoms with E-state index in [2.05, 4.69) is 60.6 Å². The summed E-state index contributed by atoms with van der Waals surface area (Å²) in [4.78, 5) is 0. The first kappa shape index (κ1) is 28.5. The Balaban J connectivity index is -0.000000475. The standard InChI is InChI=1S/C15H24O.C5H5.2ClH.Ti/c1-10-8-11(14(2,3)4)13(16)12(9-10)15(5,6)7;1-2-4-5-3-1;;;/h8-9,16H,1-7H3;1-5H;2*1H;/q;-1;;;+3/p-2. The molecule has 1 nitrogen and oxygen atoms in total. The number of aromatic hydroxyl groups is 1. The molecule has 0 bridgehead atoms. The van der Waals surface area contributed by atoms with Crippen molar-refractivity contribution in [2.45, 2.75) is 59.3 Å². The molecule has 0 heterocycles. The molecule has 1 N–H and O–H groups in total. The van der Waals surface area contributed by atoms with Crippen LogP contribution in [0, 0.1) is 6.92 Å². The van der Waals surface area contributed by atoms with Crippen molar-refractivity contribution in [2.75, 3.05) is 0 Å². The molecule has 0 aliphatic rings. The van der Waals surface area contributed by atoms with Crippen LogP contribution in [-0.2, 0) is 32.5 Å². The molecular weight excluding hydrogens is 375 g/mol. The Kier molecular flexibility index (Phi) is 13.4. The summed E-state index contributed by atoms with van der Waals surface area (Å²) in [5, 5.41) is 10.4. The molecule has 2 rings (SSSR count). The van der Waals surface area contributed by atoms with Crippen LogP contribution in [0.4, 0.5) is 0 Å². The molecule has 24 heavy (non-hydrogen) atoms. The van der Waals surface area contributed by atoms with Gasteiger partial charge in [0, 0.05) is 0 Å². The van der Waals surface area contributed by atoms with E-state index in [1.165, 1.54) is 5.56 Å². The van der Waals surface area contributed by atoms with Crippen LogP contribution in [0.5, 0.6) is 5.75 Å². The average Bonchev–Trinajstić information content (AvgIpc) is 2.87. The first-order valence-electron chi connectivity index (χ1n) is 7.54. The van der Waals surface area contributed by atoms with Gasteiger partial charge in [0.05, 0.1) is 0 Å². The topological polar surface area (TPSA) is 20.2 Å². The molecule has 0 aliphatic heterocycles. The van der Waals surface area contributed by atoms with Gasteiger partial charge in [-0.1, -0.05) is 59.2 Å². The van der Waals surface area contributed by atoms with E-state index in [9.17, 15) is 5.11 Å². The van der Waals surface area contributed by atoms with E-state index >= 15 is 0 Å². The van der Waals surface area contributed by atoms with Gasteiger partial charge < -0.3 is 29.9 Å². The summed E-state index contributed by atoms with van der Waals surface area (Å²) in [6.45, 7) is 14.9. The third kappa shape index (κ3) is 8.67. The van der Waals surface area contributed by atoms with Gasteiger partial charge in [0.25, 0.3) is 0 Å². The van der Waals surface area contributed by atoms with Crippen molar-refractivity contribution in [3.05, 3.63) is 59.2 Å². The van der Waals surface area contributed by atoms with Gasteiger partial charge in [-0.05, 0) is 28.9 Å². The maximum absolute atomic E-state index is 10.4. The summed E-state index contributed by atoms with van der Waals surface area (Å²) in [5.41, 5.74) is 3.26. The zero-order valence-corrected chi connectivity index (χ0v) is 18.8. The van der Waals surface area contributed by atoms with Gasteiger partial charge in [0.2, 0.25) is 0 Å². The molecule has 1 radical (unpaired) electrons. The molecule has 0 saturated carbocycles. The van der Waals surface area contributed by atoms with Crippen LogP contribution in [0.15, 0.2) is 42.5 Å². The predicted molar refractivity (Wildman–Crippen MR) is 92.3 cm³/mol. The maximum Gasteiger partial charge on any atom is 3.00 e. The number of hydrogen-bond donors (Lipinski definition) is 1. The summed E-state index contributed by atoms with van der Waals surface area (Å²) in [7, 11) is 0. The number of phenolic OH excluding ortho intramolecular Hbond substituents is 1. The first-order chi connectivity index (χ1) is 9.53. The number of aryl methyl sites for hydroxylation is 1. The monoisotopic (exact) mass is 403 g/mol. The second-order valence-corrected chi connectivity index (χ2v) is 7.67. The average molecular weight is 404 g/mol. The summed E-state index contributed by atoms with van der Waals surface area (Å²) in [6.07, 6.45) is 0. The van der Waals surface area contributed by atoms with Gasteiger partial charge in [-0.3, -0.25) is 0 Å². The van der Waals surface area contributed by atoms with Crippen molar-refractivity contribution in [2.24, 2.45) is 0 Å². The fourth-order valence-corrected chi connectivity index (χ4v) is 2.24. The molecule has 0 spiro atoms. The molecular formula is C20H29Cl2OTi. The largest absolute Gasteiger partial charge is 3.00 e. The van der Waals surface area contributed by atoms with Crippen molar-refractivity contribution >= 4 is 0 Å². The predicted octanol–water partition coefficient (Wildman–Crippen LogP) is -0.293. The number of rotatable bonds is 0. The SMILES string of the molecule is Cc1cc(C(C)(C)C)c(O)c(C(C)(C)C)c1.[Cl-].[Cl-].[Ti+3].c1cc[cH-]c1. The molecule has 0 aromatic heterocycles. The molecule has 4 heteroatoms. The van der Waals surface area contributed by atoms with Crippen molar-refractivity contribution in [3.63, 3.8) is 0 Å². The Morgan fingerprint density at radius 1 is 0.792 bits per heavy atom. The molecule has 0 aliphatic carbocycles. The Morgan fingerprint density at radius 2 is 1.12 bits per heavy atom. The van der Waals surface area contributed by atoms with Crippen LogP contribution in [0.25, 0.3) is 0 Å². The summed E-state index contributed by atoms with van der Waals surface area (Å²) in [6, 6.07) is 14.2. The molecule has 0 unspecified atom stereocenters. The smallest absolute Gasteiger partial charge is 1.00 e. The Bertz CT molecular complexity index is 512. The van der Waals surface area contributed by atoms with E-state index in [-0.39, 0.29) is 57.4 Å². The molecule has 0 saturated heterocycles. The molecule has 133 valence electrons. The zero-order chi connectivity index (χ0) is 16.3. The molecule has 0 atom stereocenters. The fraction of sp³-hybridized carbons (Fsp3) is 0.450. The minimum atomic E-state index is -0.0178.